The van der Waals surface area contributed by atoms with E-state index in [0.29, 0.717) is 6.54 Å². The number of hydrogen-bond donors (Lipinski definition) is 1. The number of nitriles is 1. The molecule has 1 heterocycles. The molecule has 1 aromatic rings. The first-order chi connectivity index (χ1) is 7.13. The van der Waals surface area contributed by atoms with E-state index >= 15 is 0 Å². The molecule has 0 fully saturated rings. The van der Waals surface area contributed by atoms with Gasteiger partial charge in [-0.25, -0.2) is 0 Å². The van der Waals surface area contributed by atoms with Crippen LogP contribution in [0.3, 0.4) is 0 Å². The highest BCUT2D eigenvalue weighted by molar-refractivity contribution is 5.80. The number of carbonyl (C=O) groups excluding carboxylic acids is 1. The summed E-state index contributed by atoms with van der Waals surface area (Å²) in [6.45, 7) is 3.83. The Hall–Kier alpha value is -1.89. The molecule has 15 heavy (non-hydrogen) atoms. The summed E-state index contributed by atoms with van der Waals surface area (Å²) in [5.74, 6) is -0.879. The Morgan fingerprint density at radius 3 is 3.00 bits per heavy atom. The van der Waals surface area contributed by atoms with Crippen molar-refractivity contribution in [2.75, 3.05) is 0 Å². The molecule has 1 amide bonds. The van der Waals surface area contributed by atoms with E-state index in [2.05, 4.69) is 10.3 Å². The number of rotatable bonds is 3. The lowest BCUT2D eigenvalue weighted by molar-refractivity contribution is -0.123. The number of nitrogens with one attached hydrogen (secondary N) is 1. The minimum absolute atomic E-state index is 0.263. The molecule has 0 bridgehead atoms. The summed E-state index contributed by atoms with van der Waals surface area (Å²) in [5.41, 5.74) is 1.71. The Labute approximate surface area is 88.9 Å². The maximum absolute atomic E-state index is 11.3. The van der Waals surface area contributed by atoms with Gasteiger partial charge in [0.05, 0.1) is 18.3 Å². The van der Waals surface area contributed by atoms with Crippen LogP contribution < -0.4 is 5.32 Å². The second kappa shape index (κ2) is 5.11. The molecule has 0 saturated heterocycles. The lowest BCUT2D eigenvalue weighted by atomic mass is 10.2. The first-order valence-electron chi connectivity index (χ1n) is 4.73. The van der Waals surface area contributed by atoms with Gasteiger partial charge in [0, 0.05) is 5.69 Å². The van der Waals surface area contributed by atoms with Crippen LogP contribution in [0.4, 0.5) is 0 Å². The maximum atomic E-state index is 11.3. The third-order valence-corrected chi connectivity index (χ3v) is 1.98. The van der Waals surface area contributed by atoms with Gasteiger partial charge in [-0.15, -0.1) is 0 Å². The van der Waals surface area contributed by atoms with E-state index < -0.39 is 5.92 Å². The van der Waals surface area contributed by atoms with E-state index in [-0.39, 0.29) is 5.91 Å². The van der Waals surface area contributed by atoms with Crippen LogP contribution in [0.1, 0.15) is 18.3 Å². The van der Waals surface area contributed by atoms with E-state index in [9.17, 15) is 4.79 Å². The smallest absolute Gasteiger partial charge is 0.237 e. The largest absolute Gasteiger partial charge is 0.349 e. The first kappa shape index (κ1) is 11.2. The Morgan fingerprint density at radius 2 is 2.40 bits per heavy atom. The first-order valence-corrected chi connectivity index (χ1v) is 4.73. The molecule has 0 spiro atoms. The van der Waals surface area contributed by atoms with E-state index in [1.54, 1.807) is 6.92 Å². The highest BCUT2D eigenvalue weighted by atomic mass is 16.1. The fourth-order valence-corrected chi connectivity index (χ4v) is 1.09. The second-order valence-electron chi connectivity index (χ2n) is 3.34. The molecule has 0 saturated carbocycles. The summed E-state index contributed by atoms with van der Waals surface area (Å²) < 4.78 is 0. The number of amides is 1. The molecule has 0 aromatic carbocycles. The van der Waals surface area contributed by atoms with Crippen LogP contribution in [-0.4, -0.2) is 10.9 Å². The van der Waals surface area contributed by atoms with Gasteiger partial charge in [-0.05, 0) is 26.0 Å². The molecule has 0 aliphatic carbocycles. The molecule has 78 valence electrons. The van der Waals surface area contributed by atoms with Crippen LogP contribution in [0.25, 0.3) is 0 Å². The zero-order valence-corrected chi connectivity index (χ0v) is 8.82. The van der Waals surface area contributed by atoms with Crippen LogP contribution in [0, 0.1) is 24.2 Å². The van der Waals surface area contributed by atoms with E-state index in [4.69, 9.17) is 5.26 Å². The Balaban J connectivity index is 2.51. The number of hydrogen-bond acceptors (Lipinski definition) is 3. The topological polar surface area (TPSA) is 65.8 Å². The summed E-state index contributed by atoms with van der Waals surface area (Å²) in [6, 6.07) is 7.50. The van der Waals surface area contributed by atoms with Crippen molar-refractivity contribution in [3.8, 4) is 6.07 Å². The summed E-state index contributed by atoms with van der Waals surface area (Å²) in [6.07, 6.45) is 0. The Morgan fingerprint density at radius 1 is 1.67 bits per heavy atom. The van der Waals surface area contributed by atoms with E-state index in [1.807, 2.05) is 31.2 Å². The minimum atomic E-state index is -0.616. The lowest BCUT2D eigenvalue weighted by Gasteiger charge is -2.05. The normalized spacial score (nSPS) is 11.5. The minimum Gasteiger partial charge on any atom is -0.349 e. The maximum Gasteiger partial charge on any atom is 0.237 e. The quantitative estimate of drug-likeness (QED) is 0.801. The van der Waals surface area contributed by atoms with Crippen molar-refractivity contribution in [1.82, 2.24) is 10.3 Å². The molecule has 0 aliphatic heterocycles. The fraction of sp³-hybridized carbons (Fsp3) is 0.364. The molecule has 1 rings (SSSR count). The zero-order chi connectivity index (χ0) is 11.3. The van der Waals surface area contributed by atoms with Crippen molar-refractivity contribution in [2.24, 2.45) is 5.92 Å². The number of aryl methyl sites for hydroxylation is 1. The molecule has 1 atom stereocenters. The van der Waals surface area contributed by atoms with Gasteiger partial charge >= 0.3 is 0 Å². The van der Waals surface area contributed by atoms with Gasteiger partial charge in [0.1, 0.15) is 5.92 Å². The predicted molar refractivity (Wildman–Crippen MR) is 55.6 cm³/mol. The van der Waals surface area contributed by atoms with Crippen molar-refractivity contribution in [3.05, 3.63) is 29.6 Å². The Kier molecular flexibility index (Phi) is 3.81. The van der Waals surface area contributed by atoms with Gasteiger partial charge in [-0.1, -0.05) is 6.07 Å². The van der Waals surface area contributed by atoms with Gasteiger partial charge in [-0.2, -0.15) is 5.26 Å². The fourth-order valence-electron chi connectivity index (χ4n) is 1.09. The number of aromatic nitrogens is 1. The van der Waals surface area contributed by atoms with Gasteiger partial charge in [-0.3, -0.25) is 9.78 Å². The summed E-state index contributed by atoms with van der Waals surface area (Å²) in [5, 5.41) is 11.2. The molecule has 1 unspecified atom stereocenters. The molecule has 4 nitrogen and oxygen atoms in total. The van der Waals surface area contributed by atoms with Crippen LogP contribution in [0.15, 0.2) is 18.2 Å². The molecule has 4 heteroatoms. The van der Waals surface area contributed by atoms with Crippen LogP contribution >= 0.6 is 0 Å². The zero-order valence-electron chi connectivity index (χ0n) is 8.82. The van der Waals surface area contributed by atoms with Crippen LogP contribution in [0.5, 0.6) is 0 Å². The Bertz CT molecular complexity index is 395. The summed E-state index contributed by atoms with van der Waals surface area (Å²) in [4.78, 5) is 15.5. The molecular weight excluding hydrogens is 190 g/mol. The van der Waals surface area contributed by atoms with Crippen molar-refractivity contribution < 1.29 is 4.79 Å². The SMILES string of the molecule is Cc1cccc(CNC(=O)C(C)C#N)n1. The number of carbonyl (C=O) groups is 1. The van der Waals surface area contributed by atoms with Crippen LogP contribution in [0.2, 0.25) is 0 Å². The molecular formula is C11H13N3O. The molecule has 0 aliphatic rings. The highest BCUT2D eigenvalue weighted by Gasteiger charge is 2.10. The number of pyridine rings is 1. The highest BCUT2D eigenvalue weighted by Crippen LogP contribution is 1.98. The molecule has 1 N–H and O–H groups in total. The standard InChI is InChI=1S/C11H13N3O/c1-8(6-12)11(15)13-7-10-5-3-4-9(2)14-10/h3-5,8H,7H2,1-2H3,(H,13,15). The lowest BCUT2D eigenvalue weighted by Crippen LogP contribution is -2.28. The average molecular weight is 203 g/mol. The predicted octanol–water partition coefficient (Wildman–Crippen LogP) is 1.17. The molecule has 0 radical (unpaired) electrons. The van der Waals surface area contributed by atoms with Gasteiger partial charge < -0.3 is 5.32 Å². The monoisotopic (exact) mass is 203 g/mol. The van der Waals surface area contributed by atoms with Gasteiger partial charge in [0.15, 0.2) is 0 Å². The van der Waals surface area contributed by atoms with Crippen molar-refractivity contribution >= 4 is 5.91 Å². The van der Waals surface area contributed by atoms with E-state index in [1.165, 1.54) is 0 Å². The third-order valence-electron chi connectivity index (χ3n) is 1.98. The van der Waals surface area contributed by atoms with Crippen molar-refractivity contribution in [3.63, 3.8) is 0 Å². The number of nitrogens with zero attached hydrogens (tertiary/aromatic N) is 2. The van der Waals surface area contributed by atoms with Crippen molar-refractivity contribution in [1.29, 1.82) is 5.26 Å². The average Bonchev–Trinajstić information content (AvgIpc) is 2.25. The summed E-state index contributed by atoms with van der Waals surface area (Å²) >= 11 is 0. The van der Waals surface area contributed by atoms with Gasteiger partial charge in [0.2, 0.25) is 5.91 Å². The van der Waals surface area contributed by atoms with Crippen molar-refractivity contribution in [2.45, 2.75) is 20.4 Å². The molecule has 1 aromatic heterocycles. The third kappa shape index (κ3) is 3.39. The van der Waals surface area contributed by atoms with E-state index in [0.717, 1.165) is 11.4 Å². The summed E-state index contributed by atoms with van der Waals surface area (Å²) in [7, 11) is 0. The van der Waals surface area contributed by atoms with Gasteiger partial charge in [0.25, 0.3) is 0 Å². The van der Waals surface area contributed by atoms with Crippen LogP contribution in [-0.2, 0) is 11.3 Å². The second-order valence-corrected chi connectivity index (χ2v) is 3.34.